The lowest BCUT2D eigenvalue weighted by Gasteiger charge is -2.37. The number of aliphatic hydroxyl groups is 1. The highest BCUT2D eigenvalue weighted by atomic mass is 31.2. The van der Waals surface area contributed by atoms with Gasteiger partial charge in [0.05, 0.1) is 12.7 Å². The first-order chi connectivity index (χ1) is 18.0. The molecule has 36 heavy (non-hydrogen) atoms. The zero-order valence-electron chi connectivity index (χ0n) is 24.2. The van der Waals surface area contributed by atoms with Crippen LogP contribution in [0, 0.1) is 0 Å². The number of ether oxygens (including phenoxy) is 1. The molecule has 2 N–H and O–H groups in total. The monoisotopic (exact) mass is 535 g/mol. The van der Waals surface area contributed by atoms with Crippen LogP contribution in [0.2, 0.25) is 0 Å². The van der Waals surface area contributed by atoms with E-state index in [-0.39, 0.29) is 30.7 Å². The molecule has 0 aliphatic carbocycles. The van der Waals surface area contributed by atoms with Crippen LogP contribution in [-0.2, 0) is 18.6 Å². The highest BCUT2D eigenvalue weighted by Gasteiger charge is 2.47. The number of halogens is 1. The van der Waals surface area contributed by atoms with Gasteiger partial charge < -0.3 is 24.2 Å². The van der Waals surface area contributed by atoms with Crippen LogP contribution in [0.3, 0.4) is 0 Å². The number of allylic oxidation sites excluding steroid dienone is 1. The molecule has 1 aliphatic heterocycles. The van der Waals surface area contributed by atoms with Crippen molar-refractivity contribution < 1.29 is 29.4 Å². The minimum absolute atomic E-state index is 0.0653. The quantitative estimate of drug-likeness (QED) is 0.233. The summed E-state index contributed by atoms with van der Waals surface area (Å²) in [4.78, 5) is 27.5. The Bertz CT molecular complexity index is 918. The second-order valence-electron chi connectivity index (χ2n) is 8.57. The van der Waals surface area contributed by atoms with Crippen LogP contribution in [0.25, 0.3) is 0 Å². The van der Waals surface area contributed by atoms with Crippen LogP contribution in [0.15, 0.2) is 29.2 Å². The number of amides is 1. The minimum atomic E-state index is -1.73. The summed E-state index contributed by atoms with van der Waals surface area (Å²) in [6.45, 7) is 11.6. The fraction of sp³-hybridized carbons (Fsp3) is 0.708. The van der Waals surface area contributed by atoms with Crippen molar-refractivity contribution >= 4 is 20.3 Å². The van der Waals surface area contributed by atoms with Crippen molar-refractivity contribution in [1.29, 1.82) is 1.43 Å². The SMILES string of the molecule is [2H]CC1OC(n2ccc(NC(C)=O)nc2=O)C(F)C1OP(OCC/C=C\CC)N(C(C)C)C(C)C.[3H]OC. The van der Waals surface area contributed by atoms with Gasteiger partial charge in [-0.05, 0) is 53.5 Å². The Morgan fingerprint density at radius 3 is 2.67 bits per heavy atom. The molecule has 1 amide bonds. The van der Waals surface area contributed by atoms with E-state index < -0.39 is 38.8 Å². The van der Waals surface area contributed by atoms with Gasteiger partial charge in [0.15, 0.2) is 12.4 Å². The summed E-state index contributed by atoms with van der Waals surface area (Å²) in [6, 6.07) is 1.54. The standard InChI is InChI=1S/C23H38FN4O5P.CH4O/c1-8-9-10-11-14-31-34(28(15(2)3)16(4)5)33-21-17(6)32-22(20(21)24)27-13-12-19(25-18(7)29)26-23(27)30;1-2/h9-10,12-13,15-17,20-22H,8,11,14H2,1-7H3,(H,25,26,29,30);2H,1H3/b10-9-;/i6D;2T. The second kappa shape index (κ2) is 16.2. The second-order valence-corrected chi connectivity index (χ2v) is 9.98. The molecule has 2 rings (SSSR count). The molecule has 206 valence electrons. The maximum absolute atomic E-state index is 15.7. The van der Waals surface area contributed by atoms with Crippen molar-refractivity contribution in [3.63, 3.8) is 0 Å². The first kappa shape index (κ1) is 28.8. The van der Waals surface area contributed by atoms with Gasteiger partial charge in [-0.15, -0.1) is 0 Å². The van der Waals surface area contributed by atoms with E-state index in [1.54, 1.807) is 0 Å². The van der Waals surface area contributed by atoms with Gasteiger partial charge in [0.25, 0.3) is 8.53 Å². The normalized spacial score (nSPS) is 23.5. The zero-order valence-corrected chi connectivity index (χ0v) is 23.1. The number of carbonyl (C=O) groups excluding carboxylic acids is 1. The molecule has 1 saturated heterocycles. The molecule has 2 heterocycles. The van der Waals surface area contributed by atoms with E-state index >= 15 is 4.39 Å². The first-order valence-corrected chi connectivity index (χ1v) is 13.1. The number of aromatic nitrogens is 2. The van der Waals surface area contributed by atoms with Crippen LogP contribution in [0.1, 0.15) is 68.9 Å². The highest BCUT2D eigenvalue weighted by molar-refractivity contribution is 7.44. The van der Waals surface area contributed by atoms with Gasteiger partial charge in [-0.25, -0.2) is 13.9 Å². The van der Waals surface area contributed by atoms with Gasteiger partial charge in [-0.2, -0.15) is 4.98 Å². The number of alkyl halides is 1. The van der Waals surface area contributed by atoms with Crippen LogP contribution >= 0.6 is 8.53 Å². The Hall–Kier alpha value is -1.75. The van der Waals surface area contributed by atoms with E-state index in [0.717, 1.165) is 11.0 Å². The summed E-state index contributed by atoms with van der Waals surface area (Å²) in [5.74, 6) is -0.313. The molecule has 5 atom stereocenters. The number of carbonyl (C=O) groups is 1. The van der Waals surface area contributed by atoms with Crippen molar-refractivity contribution in [1.82, 2.24) is 14.2 Å². The van der Waals surface area contributed by atoms with Crippen molar-refractivity contribution in [3.05, 3.63) is 34.9 Å². The summed E-state index contributed by atoms with van der Waals surface area (Å²) >= 11 is 0. The molecule has 0 spiro atoms. The number of aliphatic hydroxyl groups excluding tert-OH is 1. The molecule has 10 nitrogen and oxygen atoms in total. The smallest absolute Gasteiger partial charge is 0.351 e. The molecule has 1 aromatic heterocycles. The molecule has 0 aromatic carbocycles. The topological polar surface area (TPSA) is 115 Å². The van der Waals surface area contributed by atoms with E-state index in [4.69, 9.17) is 16.6 Å². The number of rotatable bonds is 12. The average Bonchev–Trinajstić information content (AvgIpc) is 3.13. The molecule has 12 heteroatoms. The summed E-state index contributed by atoms with van der Waals surface area (Å²) in [7, 11) is -0.367. The van der Waals surface area contributed by atoms with Gasteiger partial charge in [-0.1, -0.05) is 19.1 Å². The average molecular weight is 536 g/mol. The molecule has 1 fully saturated rings. The number of anilines is 1. The zero-order chi connectivity index (χ0) is 28.8. The van der Waals surface area contributed by atoms with Crippen LogP contribution in [-0.4, -0.2) is 70.8 Å². The van der Waals surface area contributed by atoms with Crippen molar-refractivity contribution in [2.45, 2.75) is 98.0 Å². The van der Waals surface area contributed by atoms with Crippen molar-refractivity contribution in [2.75, 3.05) is 19.0 Å². The third kappa shape index (κ3) is 9.28. The Labute approximate surface area is 217 Å². The van der Waals surface area contributed by atoms with Gasteiger partial charge in [0, 0.05) is 33.7 Å². The number of hydrogen-bond acceptors (Lipinski definition) is 8. The molecule has 0 bridgehead atoms. The molecule has 1 aliphatic rings. The Morgan fingerprint density at radius 2 is 2.14 bits per heavy atom. The Kier molecular flexibility index (Phi) is 12.9. The fourth-order valence-electron chi connectivity index (χ4n) is 3.61. The number of hydrogen-bond donors (Lipinski definition) is 2. The third-order valence-electron chi connectivity index (χ3n) is 5.02. The highest BCUT2D eigenvalue weighted by Crippen LogP contribution is 2.50. The summed E-state index contributed by atoms with van der Waals surface area (Å²) in [5.41, 5.74) is -0.777. The summed E-state index contributed by atoms with van der Waals surface area (Å²) in [5, 5.41) is 5.92. The molecule has 5 unspecified atom stereocenters. The lowest BCUT2D eigenvalue weighted by Crippen LogP contribution is -2.38. The van der Waals surface area contributed by atoms with E-state index in [1.807, 2.05) is 33.8 Å². The van der Waals surface area contributed by atoms with Gasteiger partial charge >= 0.3 is 5.69 Å². The maximum Gasteiger partial charge on any atom is 0.351 e. The van der Waals surface area contributed by atoms with Crippen LogP contribution in [0.5, 0.6) is 0 Å². The van der Waals surface area contributed by atoms with Crippen molar-refractivity contribution in [2.24, 2.45) is 0 Å². The van der Waals surface area contributed by atoms with E-state index in [9.17, 15) is 9.59 Å². The molecule has 0 saturated carbocycles. The maximum atomic E-state index is 15.7. The number of nitrogens with one attached hydrogen (secondary N) is 1. The predicted octanol–water partition coefficient (Wildman–Crippen LogP) is 4.17. The van der Waals surface area contributed by atoms with E-state index in [2.05, 4.69) is 33.1 Å². The molecule has 1 aromatic rings. The third-order valence-corrected chi connectivity index (χ3v) is 7.15. The lowest BCUT2D eigenvalue weighted by atomic mass is 10.2. The van der Waals surface area contributed by atoms with E-state index in [0.29, 0.717) is 13.0 Å². The van der Waals surface area contributed by atoms with Crippen molar-refractivity contribution in [3.8, 4) is 0 Å². The predicted molar refractivity (Wildman–Crippen MR) is 139 cm³/mol. The number of nitrogens with zero attached hydrogens (tertiary/aromatic N) is 3. The molecular weight excluding hydrogens is 490 g/mol. The summed E-state index contributed by atoms with van der Waals surface area (Å²) < 4.78 is 50.5. The molecular formula is C24H42FN4O6P. The fourth-order valence-corrected chi connectivity index (χ4v) is 5.39. The van der Waals surface area contributed by atoms with Gasteiger partial charge in [0.1, 0.15) is 11.9 Å². The first-order valence-electron chi connectivity index (χ1n) is 13.1. The minimum Gasteiger partial charge on any atom is -0.400 e. The largest absolute Gasteiger partial charge is 0.400 e. The van der Waals surface area contributed by atoms with Gasteiger partial charge in [0.2, 0.25) is 7.34 Å². The molecule has 0 radical (unpaired) electrons. The van der Waals surface area contributed by atoms with Gasteiger partial charge in [-0.3, -0.25) is 9.36 Å². The van der Waals surface area contributed by atoms with Crippen LogP contribution in [0.4, 0.5) is 10.2 Å². The summed E-state index contributed by atoms with van der Waals surface area (Å²) in [6.07, 6.45) is 2.01. The van der Waals surface area contributed by atoms with E-state index in [1.165, 1.54) is 26.3 Å². The van der Waals surface area contributed by atoms with Crippen LogP contribution < -0.4 is 11.0 Å². The lowest BCUT2D eigenvalue weighted by molar-refractivity contribution is -0.114. The Morgan fingerprint density at radius 1 is 1.47 bits per heavy atom. The Balaban J connectivity index is 0.00000229.